The number of pyridine rings is 1. The van der Waals surface area contributed by atoms with Crippen LogP contribution < -0.4 is 0 Å². The minimum Gasteiger partial charge on any atom is -0.465 e. The predicted molar refractivity (Wildman–Crippen MR) is 105 cm³/mol. The van der Waals surface area contributed by atoms with Crippen LogP contribution in [0.2, 0.25) is 0 Å². The number of carbonyl (C=O) groups excluding carboxylic acids is 1. The lowest BCUT2D eigenvalue weighted by atomic mass is 10.00. The normalized spacial score (nSPS) is 16.7. The Morgan fingerprint density at radius 3 is 2.67 bits per heavy atom. The van der Waals surface area contributed by atoms with E-state index in [9.17, 15) is 4.79 Å². The molecule has 138 valence electrons. The first-order valence-corrected chi connectivity index (χ1v) is 9.79. The van der Waals surface area contributed by atoms with Crippen molar-refractivity contribution in [3.8, 4) is 0 Å². The minimum absolute atomic E-state index is 0.292. The highest BCUT2D eigenvalue weighted by Gasteiger charge is 2.28. The van der Waals surface area contributed by atoms with Gasteiger partial charge in [0.1, 0.15) is 0 Å². The van der Waals surface area contributed by atoms with Gasteiger partial charge < -0.3 is 9.30 Å². The van der Waals surface area contributed by atoms with Crippen LogP contribution in [0.25, 0.3) is 10.9 Å². The van der Waals surface area contributed by atoms with Gasteiger partial charge in [-0.3, -0.25) is 4.98 Å². The quantitative estimate of drug-likeness (QED) is 0.619. The number of esters is 1. The smallest absolute Gasteiger partial charge is 0.339 e. The molecule has 3 aromatic rings. The summed E-state index contributed by atoms with van der Waals surface area (Å²) in [5.74, 6) is 0.988. The standard InChI is InChI=1S/C23H24N2O2/c1-25-13-20(16-6-7-16)18-9-14(3-8-22(18)25)10-21-19(23(26)27-2)11-17(12-24-21)15-4-5-15/h3,8-9,11-13,15-16H,4-7,10H2,1-2H3. The molecule has 4 heteroatoms. The Hall–Kier alpha value is -2.62. The lowest BCUT2D eigenvalue weighted by molar-refractivity contribution is 0.0599. The van der Waals surface area contributed by atoms with Crippen LogP contribution in [0.5, 0.6) is 0 Å². The van der Waals surface area contributed by atoms with E-state index < -0.39 is 0 Å². The van der Waals surface area contributed by atoms with E-state index in [0.29, 0.717) is 23.8 Å². The fourth-order valence-corrected chi connectivity index (χ4v) is 4.07. The van der Waals surface area contributed by atoms with Gasteiger partial charge in [-0.25, -0.2) is 4.79 Å². The fourth-order valence-electron chi connectivity index (χ4n) is 4.07. The topological polar surface area (TPSA) is 44.1 Å². The van der Waals surface area contributed by atoms with E-state index in [0.717, 1.165) is 11.3 Å². The Labute approximate surface area is 159 Å². The SMILES string of the molecule is COC(=O)c1cc(C2CC2)cnc1Cc1ccc2c(c1)c(C1CC1)cn2C. The van der Waals surface area contributed by atoms with Crippen molar-refractivity contribution < 1.29 is 9.53 Å². The Kier molecular flexibility index (Phi) is 3.81. The molecule has 0 amide bonds. The van der Waals surface area contributed by atoms with E-state index in [1.807, 2.05) is 12.3 Å². The second kappa shape index (κ2) is 6.22. The molecule has 0 radical (unpaired) electrons. The maximum Gasteiger partial charge on any atom is 0.339 e. The number of methoxy groups -OCH3 is 1. The van der Waals surface area contributed by atoms with E-state index in [2.05, 4.69) is 41.0 Å². The number of ether oxygens (including phenoxy) is 1. The molecular weight excluding hydrogens is 336 g/mol. The number of hydrogen-bond acceptors (Lipinski definition) is 3. The third-order valence-electron chi connectivity index (χ3n) is 5.92. The van der Waals surface area contributed by atoms with Crippen molar-refractivity contribution in [3.05, 3.63) is 64.6 Å². The fraction of sp³-hybridized carbons (Fsp3) is 0.391. The van der Waals surface area contributed by atoms with Gasteiger partial charge in [-0.05, 0) is 72.4 Å². The summed E-state index contributed by atoms with van der Waals surface area (Å²) in [5.41, 5.74) is 6.48. The number of nitrogens with zero attached hydrogens (tertiary/aromatic N) is 2. The molecule has 2 heterocycles. The number of rotatable bonds is 5. The molecule has 5 rings (SSSR count). The van der Waals surface area contributed by atoms with Gasteiger partial charge in [0, 0.05) is 36.8 Å². The monoisotopic (exact) mass is 360 g/mol. The van der Waals surface area contributed by atoms with Crippen LogP contribution in [0.1, 0.15) is 70.3 Å². The Bertz CT molecular complexity index is 1040. The maximum atomic E-state index is 12.3. The third kappa shape index (κ3) is 3.03. The van der Waals surface area contributed by atoms with Gasteiger partial charge >= 0.3 is 5.97 Å². The van der Waals surface area contributed by atoms with Gasteiger partial charge in [0.2, 0.25) is 0 Å². The molecule has 0 saturated heterocycles. The molecule has 0 unspecified atom stereocenters. The van der Waals surface area contributed by atoms with E-state index in [1.54, 1.807) is 0 Å². The molecule has 2 aliphatic rings. The number of benzene rings is 1. The van der Waals surface area contributed by atoms with Gasteiger partial charge in [-0.2, -0.15) is 0 Å². The molecule has 27 heavy (non-hydrogen) atoms. The third-order valence-corrected chi connectivity index (χ3v) is 5.92. The Morgan fingerprint density at radius 1 is 1.19 bits per heavy atom. The molecule has 0 N–H and O–H groups in total. The summed E-state index contributed by atoms with van der Waals surface area (Å²) in [7, 11) is 3.55. The number of carbonyl (C=O) groups is 1. The van der Waals surface area contributed by atoms with Crippen molar-refractivity contribution in [3.63, 3.8) is 0 Å². The van der Waals surface area contributed by atoms with Crippen LogP contribution in [0.3, 0.4) is 0 Å². The van der Waals surface area contributed by atoms with Crippen molar-refractivity contribution in [2.45, 2.75) is 43.9 Å². The molecular formula is C23H24N2O2. The first kappa shape index (κ1) is 16.5. The number of aryl methyl sites for hydroxylation is 1. The summed E-state index contributed by atoms with van der Waals surface area (Å²) < 4.78 is 7.24. The second-order valence-electron chi connectivity index (χ2n) is 8.03. The Balaban J connectivity index is 1.52. The van der Waals surface area contributed by atoms with Crippen LogP contribution in [-0.2, 0) is 18.2 Å². The van der Waals surface area contributed by atoms with Crippen LogP contribution in [0.4, 0.5) is 0 Å². The minimum atomic E-state index is -0.292. The summed E-state index contributed by atoms with van der Waals surface area (Å²) in [6.07, 6.45) is 9.82. The molecule has 0 bridgehead atoms. The van der Waals surface area contributed by atoms with Gasteiger partial charge in [0.05, 0.1) is 18.4 Å². The van der Waals surface area contributed by atoms with E-state index in [-0.39, 0.29) is 5.97 Å². The molecule has 1 aromatic carbocycles. The largest absolute Gasteiger partial charge is 0.465 e. The van der Waals surface area contributed by atoms with E-state index in [4.69, 9.17) is 4.74 Å². The van der Waals surface area contributed by atoms with Crippen LogP contribution in [0.15, 0.2) is 36.7 Å². The van der Waals surface area contributed by atoms with Crippen molar-refractivity contribution in [1.29, 1.82) is 0 Å². The summed E-state index contributed by atoms with van der Waals surface area (Å²) >= 11 is 0. The Morgan fingerprint density at radius 2 is 1.96 bits per heavy atom. The zero-order chi connectivity index (χ0) is 18.5. The van der Waals surface area contributed by atoms with Gasteiger partial charge in [-0.1, -0.05) is 6.07 Å². The molecule has 0 atom stereocenters. The summed E-state index contributed by atoms with van der Waals surface area (Å²) in [4.78, 5) is 17.0. The summed E-state index contributed by atoms with van der Waals surface area (Å²) in [6.45, 7) is 0. The summed E-state index contributed by atoms with van der Waals surface area (Å²) in [5, 5.41) is 1.34. The number of aromatic nitrogens is 2. The van der Waals surface area contributed by atoms with Gasteiger partial charge in [-0.15, -0.1) is 0 Å². The maximum absolute atomic E-state index is 12.3. The highest BCUT2D eigenvalue weighted by atomic mass is 16.5. The van der Waals surface area contributed by atoms with Crippen molar-refractivity contribution in [2.24, 2.45) is 7.05 Å². The van der Waals surface area contributed by atoms with Crippen LogP contribution in [0, 0.1) is 0 Å². The number of fused-ring (bicyclic) bond motifs is 1. The number of hydrogen-bond donors (Lipinski definition) is 0. The highest BCUT2D eigenvalue weighted by molar-refractivity contribution is 5.91. The average Bonchev–Trinajstić information content (AvgIpc) is 3.59. The van der Waals surface area contributed by atoms with Gasteiger partial charge in [0.15, 0.2) is 0 Å². The molecule has 2 saturated carbocycles. The predicted octanol–water partition coefficient (Wildman–Crippen LogP) is 4.71. The second-order valence-corrected chi connectivity index (χ2v) is 8.03. The molecule has 0 spiro atoms. The molecule has 2 aromatic heterocycles. The van der Waals surface area contributed by atoms with Crippen LogP contribution in [-0.4, -0.2) is 22.6 Å². The first-order chi connectivity index (χ1) is 13.1. The molecule has 0 aliphatic heterocycles. The van der Waals surface area contributed by atoms with E-state index >= 15 is 0 Å². The van der Waals surface area contributed by atoms with Crippen molar-refractivity contribution >= 4 is 16.9 Å². The lowest BCUT2D eigenvalue weighted by Crippen LogP contribution is -2.09. The highest BCUT2D eigenvalue weighted by Crippen LogP contribution is 2.44. The summed E-state index contributed by atoms with van der Waals surface area (Å²) in [6, 6.07) is 8.60. The van der Waals surface area contributed by atoms with Crippen molar-refractivity contribution in [2.75, 3.05) is 7.11 Å². The molecule has 2 aliphatic carbocycles. The lowest BCUT2D eigenvalue weighted by Gasteiger charge is -2.10. The van der Waals surface area contributed by atoms with Gasteiger partial charge in [0.25, 0.3) is 0 Å². The zero-order valence-electron chi connectivity index (χ0n) is 15.9. The molecule has 2 fully saturated rings. The first-order valence-electron chi connectivity index (χ1n) is 9.79. The van der Waals surface area contributed by atoms with Crippen molar-refractivity contribution in [1.82, 2.24) is 9.55 Å². The molecule has 4 nitrogen and oxygen atoms in total. The average molecular weight is 360 g/mol. The zero-order valence-corrected chi connectivity index (χ0v) is 15.9. The van der Waals surface area contributed by atoms with Crippen LogP contribution >= 0.6 is 0 Å². The van der Waals surface area contributed by atoms with E-state index in [1.165, 1.54) is 54.8 Å².